The van der Waals surface area contributed by atoms with Crippen LogP contribution in [-0.2, 0) is 0 Å². The van der Waals surface area contributed by atoms with Gasteiger partial charge in [0.05, 0.1) is 18.1 Å². The summed E-state index contributed by atoms with van der Waals surface area (Å²) < 4.78 is 0. The zero-order valence-corrected chi connectivity index (χ0v) is 9.35. The Morgan fingerprint density at radius 1 is 1.29 bits per heavy atom. The van der Waals surface area contributed by atoms with Crippen molar-refractivity contribution in [2.75, 3.05) is 5.73 Å². The fourth-order valence-corrected chi connectivity index (χ4v) is 1.61. The first-order valence-corrected chi connectivity index (χ1v) is 5.06. The lowest BCUT2D eigenvalue weighted by atomic mass is 10.1. The predicted octanol–water partition coefficient (Wildman–Crippen LogP) is 2.08. The molecule has 0 aliphatic rings. The summed E-state index contributed by atoms with van der Waals surface area (Å²) in [6.45, 7) is 0. The molecule has 5 nitrogen and oxygen atoms in total. The summed E-state index contributed by atoms with van der Waals surface area (Å²) in [4.78, 5) is 18.5. The molecule has 0 bridgehead atoms. The van der Waals surface area contributed by atoms with Crippen molar-refractivity contribution in [2.45, 2.75) is 0 Å². The Kier molecular flexibility index (Phi) is 2.93. The number of halogens is 1. The first kappa shape index (κ1) is 11.3. The highest BCUT2D eigenvalue weighted by Gasteiger charge is 2.08. The molecule has 2 aromatic rings. The number of rotatable bonds is 2. The summed E-state index contributed by atoms with van der Waals surface area (Å²) in [6.07, 6.45) is 2.64. The van der Waals surface area contributed by atoms with Gasteiger partial charge in [-0.15, -0.1) is 0 Å². The highest BCUT2D eigenvalue weighted by atomic mass is 35.5. The Morgan fingerprint density at radius 3 is 2.71 bits per heavy atom. The number of nitrogens with two attached hydrogens (primary N) is 1. The summed E-state index contributed by atoms with van der Waals surface area (Å²) in [6, 6.07) is 4.90. The molecule has 2 rings (SSSR count). The zero-order valence-electron chi connectivity index (χ0n) is 8.59. The number of benzene rings is 1. The van der Waals surface area contributed by atoms with E-state index in [1.54, 1.807) is 18.2 Å². The molecule has 1 aromatic carbocycles. The van der Waals surface area contributed by atoms with Gasteiger partial charge in [0.25, 0.3) is 0 Å². The van der Waals surface area contributed by atoms with Crippen molar-refractivity contribution in [1.82, 2.24) is 9.97 Å². The second kappa shape index (κ2) is 4.39. The van der Waals surface area contributed by atoms with Gasteiger partial charge in [0.2, 0.25) is 0 Å². The largest absolute Gasteiger partial charge is 0.476 e. The molecule has 86 valence electrons. The lowest BCUT2D eigenvalue weighted by molar-refractivity contribution is 0.0690. The highest BCUT2D eigenvalue weighted by molar-refractivity contribution is 6.31. The first-order chi connectivity index (χ1) is 8.06. The molecule has 0 amide bonds. The number of hydrogen-bond acceptors (Lipinski definition) is 4. The molecule has 0 radical (unpaired) electrons. The molecule has 0 saturated carbocycles. The number of aromatic nitrogens is 2. The van der Waals surface area contributed by atoms with Crippen LogP contribution >= 0.6 is 11.6 Å². The third kappa shape index (κ3) is 2.51. The van der Waals surface area contributed by atoms with Crippen molar-refractivity contribution in [2.24, 2.45) is 0 Å². The number of aromatic carboxylic acids is 1. The summed E-state index contributed by atoms with van der Waals surface area (Å²) in [5, 5.41) is 9.27. The summed E-state index contributed by atoms with van der Waals surface area (Å²) >= 11 is 5.86. The average Bonchev–Trinajstić information content (AvgIpc) is 2.28. The number of nitrogen functional groups attached to an aromatic ring is 1. The minimum Gasteiger partial charge on any atom is -0.476 e. The summed E-state index contributed by atoms with van der Waals surface area (Å²) in [7, 11) is 0. The Bertz CT molecular complexity index is 566. The van der Waals surface area contributed by atoms with Gasteiger partial charge in [-0.2, -0.15) is 0 Å². The highest BCUT2D eigenvalue weighted by Crippen LogP contribution is 2.24. The maximum absolute atomic E-state index is 10.8. The van der Waals surface area contributed by atoms with E-state index in [1.165, 1.54) is 12.4 Å². The maximum Gasteiger partial charge on any atom is 0.356 e. The van der Waals surface area contributed by atoms with Gasteiger partial charge in [0, 0.05) is 16.3 Å². The maximum atomic E-state index is 10.8. The fourth-order valence-electron chi connectivity index (χ4n) is 1.37. The first-order valence-electron chi connectivity index (χ1n) is 4.68. The minimum atomic E-state index is -1.13. The molecule has 1 heterocycles. The third-order valence-corrected chi connectivity index (χ3v) is 2.29. The van der Waals surface area contributed by atoms with Crippen LogP contribution < -0.4 is 5.73 Å². The van der Waals surface area contributed by atoms with Crippen LogP contribution in [0.1, 0.15) is 10.5 Å². The average molecular weight is 250 g/mol. The standard InChI is InChI=1S/C11H8ClN3O2/c12-7-1-6(2-8(13)3-7)9-4-14-5-10(15-9)11(16)17/h1-5H,13H2,(H,16,17). The van der Waals surface area contributed by atoms with Gasteiger partial charge in [-0.25, -0.2) is 9.78 Å². The number of carboxylic acids is 1. The molecule has 0 aliphatic heterocycles. The van der Waals surface area contributed by atoms with Crippen LogP contribution in [0.3, 0.4) is 0 Å². The van der Waals surface area contributed by atoms with E-state index >= 15 is 0 Å². The lowest BCUT2D eigenvalue weighted by Gasteiger charge is -2.03. The Balaban J connectivity index is 2.52. The normalized spacial score (nSPS) is 10.2. The van der Waals surface area contributed by atoms with Crippen molar-refractivity contribution in [1.29, 1.82) is 0 Å². The van der Waals surface area contributed by atoms with Crippen molar-refractivity contribution < 1.29 is 9.90 Å². The van der Waals surface area contributed by atoms with E-state index in [-0.39, 0.29) is 5.69 Å². The minimum absolute atomic E-state index is 0.124. The Morgan fingerprint density at radius 2 is 2.06 bits per heavy atom. The van der Waals surface area contributed by atoms with E-state index in [0.29, 0.717) is 22.0 Å². The van der Waals surface area contributed by atoms with Crippen molar-refractivity contribution >= 4 is 23.3 Å². The van der Waals surface area contributed by atoms with E-state index in [2.05, 4.69) is 9.97 Å². The topological polar surface area (TPSA) is 89.1 Å². The molecule has 1 aromatic heterocycles. The van der Waals surface area contributed by atoms with Gasteiger partial charge in [-0.3, -0.25) is 4.98 Å². The van der Waals surface area contributed by atoms with Crippen molar-refractivity contribution in [3.63, 3.8) is 0 Å². The second-order valence-corrected chi connectivity index (χ2v) is 3.80. The van der Waals surface area contributed by atoms with E-state index in [4.69, 9.17) is 22.4 Å². The van der Waals surface area contributed by atoms with Crippen LogP contribution in [0.15, 0.2) is 30.6 Å². The predicted molar refractivity (Wildman–Crippen MR) is 63.8 cm³/mol. The van der Waals surface area contributed by atoms with Gasteiger partial charge in [0.15, 0.2) is 5.69 Å². The van der Waals surface area contributed by atoms with Gasteiger partial charge in [-0.05, 0) is 18.2 Å². The van der Waals surface area contributed by atoms with E-state index in [1.807, 2.05) is 0 Å². The van der Waals surface area contributed by atoms with Crippen LogP contribution in [-0.4, -0.2) is 21.0 Å². The molecule has 0 fully saturated rings. The number of nitrogens with zero attached hydrogens (tertiary/aromatic N) is 2. The van der Waals surface area contributed by atoms with Crippen LogP contribution in [0.25, 0.3) is 11.3 Å². The molecule has 3 N–H and O–H groups in total. The molecule has 6 heteroatoms. The second-order valence-electron chi connectivity index (χ2n) is 3.37. The molecule has 0 saturated heterocycles. The molecule has 0 aliphatic carbocycles. The van der Waals surface area contributed by atoms with Crippen molar-refractivity contribution in [3.8, 4) is 11.3 Å². The van der Waals surface area contributed by atoms with Gasteiger partial charge in [0.1, 0.15) is 0 Å². The number of carboxylic acid groups (broad SMARTS) is 1. The molecule has 17 heavy (non-hydrogen) atoms. The van der Waals surface area contributed by atoms with Gasteiger partial charge < -0.3 is 10.8 Å². The van der Waals surface area contributed by atoms with Gasteiger partial charge in [-0.1, -0.05) is 11.6 Å². The smallest absolute Gasteiger partial charge is 0.356 e. The van der Waals surface area contributed by atoms with Gasteiger partial charge >= 0.3 is 5.97 Å². The van der Waals surface area contributed by atoms with Crippen LogP contribution in [0.2, 0.25) is 5.02 Å². The molecular formula is C11H8ClN3O2. The monoisotopic (exact) mass is 249 g/mol. The third-order valence-electron chi connectivity index (χ3n) is 2.07. The SMILES string of the molecule is Nc1cc(Cl)cc(-c2cncc(C(=O)O)n2)c1. The quantitative estimate of drug-likeness (QED) is 0.796. The number of carbonyl (C=O) groups is 1. The molecular weight excluding hydrogens is 242 g/mol. The zero-order chi connectivity index (χ0) is 12.4. The lowest BCUT2D eigenvalue weighted by Crippen LogP contribution is -2.02. The molecule has 0 atom stereocenters. The Labute approximate surface area is 102 Å². The van der Waals surface area contributed by atoms with E-state index in [0.717, 1.165) is 0 Å². The number of anilines is 1. The van der Waals surface area contributed by atoms with E-state index < -0.39 is 5.97 Å². The summed E-state index contributed by atoms with van der Waals surface area (Å²) in [5.41, 5.74) is 7.05. The molecule has 0 unspecified atom stereocenters. The van der Waals surface area contributed by atoms with E-state index in [9.17, 15) is 4.79 Å². The Hall–Kier alpha value is -2.14. The van der Waals surface area contributed by atoms with Crippen molar-refractivity contribution in [3.05, 3.63) is 41.3 Å². The number of hydrogen-bond donors (Lipinski definition) is 2. The fraction of sp³-hybridized carbons (Fsp3) is 0. The van der Waals surface area contributed by atoms with Crippen LogP contribution in [0.4, 0.5) is 5.69 Å². The molecule has 0 spiro atoms. The summed E-state index contributed by atoms with van der Waals surface area (Å²) in [5.74, 6) is -1.13. The van der Waals surface area contributed by atoms with Crippen LogP contribution in [0.5, 0.6) is 0 Å². The van der Waals surface area contributed by atoms with Crippen LogP contribution in [0, 0.1) is 0 Å².